The Labute approximate surface area is 322 Å². The third kappa shape index (κ3) is 39.2. The van der Waals surface area contributed by atoms with E-state index in [1.165, 1.54) is 160 Å². The number of carbonyl (C=O) groups excluding carboxylic acids is 1. The largest absolute Gasteiger partial charge is 0.466 e. The maximum absolute atomic E-state index is 12.1. The van der Waals surface area contributed by atoms with Crippen LogP contribution in [-0.2, 0) is 29.6 Å². The van der Waals surface area contributed by atoms with Crippen molar-refractivity contribution < 1.29 is 23.6 Å². The van der Waals surface area contributed by atoms with Gasteiger partial charge in [-0.1, -0.05) is 156 Å². The lowest BCUT2D eigenvalue weighted by atomic mass is 10.1. The second-order valence-electron chi connectivity index (χ2n) is 15.2. The molecule has 2 atom stereocenters. The molecule has 6 nitrogen and oxygen atoms in total. The Morgan fingerprint density at radius 3 is 1.55 bits per heavy atom. The number of esters is 1. The molecular weight excluding hydrogens is 655 g/mol. The Balaban J connectivity index is 3.95. The summed E-state index contributed by atoms with van der Waals surface area (Å²) in [6.07, 6.45) is 40.1. The summed E-state index contributed by atoms with van der Waals surface area (Å²) in [5.41, 5.74) is 0. The normalized spacial score (nSPS) is 12.9. The molecule has 0 aliphatic rings. The summed E-state index contributed by atoms with van der Waals surface area (Å²) in [5, 5.41) is 9.55. The lowest BCUT2D eigenvalue weighted by Gasteiger charge is -2.21. The van der Waals surface area contributed by atoms with E-state index in [-0.39, 0.29) is 30.0 Å². The zero-order valence-electron chi connectivity index (χ0n) is 34.9. The number of ether oxygens (including phenoxy) is 2. The van der Waals surface area contributed by atoms with Crippen molar-refractivity contribution in [2.24, 2.45) is 0 Å². The number of aliphatic hydroxyl groups excluding tert-OH is 1. The maximum atomic E-state index is 12.1. The van der Waals surface area contributed by atoms with Crippen LogP contribution in [0.4, 0.5) is 0 Å². The van der Waals surface area contributed by atoms with E-state index in [0.29, 0.717) is 13.0 Å². The lowest BCUT2D eigenvalue weighted by molar-refractivity contribution is -0.143. The van der Waals surface area contributed by atoms with E-state index >= 15 is 0 Å². The van der Waals surface area contributed by atoms with Crippen molar-refractivity contribution in [2.75, 3.05) is 51.5 Å². The van der Waals surface area contributed by atoms with E-state index in [0.717, 1.165) is 64.8 Å². The van der Waals surface area contributed by atoms with E-state index in [1.807, 2.05) is 0 Å². The fraction of sp³-hybridized carbons (Fsp3) is 0.977. The smallest absolute Gasteiger partial charge is 0.305 e. The first kappa shape index (κ1) is 50.7. The maximum Gasteiger partial charge on any atom is 0.305 e. The Kier molecular flexibility index (Phi) is 42.1. The molecule has 0 saturated heterocycles. The summed E-state index contributed by atoms with van der Waals surface area (Å²) in [6, 6.07) is 0. The van der Waals surface area contributed by atoms with Crippen molar-refractivity contribution in [3.63, 3.8) is 0 Å². The van der Waals surface area contributed by atoms with Crippen LogP contribution in [0.5, 0.6) is 0 Å². The molecule has 0 heterocycles. The summed E-state index contributed by atoms with van der Waals surface area (Å²) in [4.78, 5) is 14.5. The monoisotopic (exact) mass is 745 g/mol. The fourth-order valence-corrected chi connectivity index (χ4v) is 7.90. The SMILES string of the molecule is CCCCCCCCCCCOC(=O)CCCCCN(CCO)CCCCCCCCCC(OCCCCCCCC)O[S+](C)CCCCCC. The van der Waals surface area contributed by atoms with Crippen LogP contribution >= 0.6 is 0 Å². The van der Waals surface area contributed by atoms with E-state index in [2.05, 4.69) is 31.9 Å². The van der Waals surface area contributed by atoms with Gasteiger partial charge in [0, 0.05) is 26.0 Å². The van der Waals surface area contributed by atoms with Crippen molar-refractivity contribution in [1.29, 1.82) is 0 Å². The number of hydrogen-bond acceptors (Lipinski definition) is 6. The van der Waals surface area contributed by atoms with Gasteiger partial charge in [0.05, 0.1) is 13.2 Å². The molecule has 7 heteroatoms. The Hall–Kier alpha value is -0.340. The molecule has 0 amide bonds. The quantitative estimate of drug-likeness (QED) is 0.0290. The highest BCUT2D eigenvalue weighted by atomic mass is 32.2. The van der Waals surface area contributed by atoms with Gasteiger partial charge in [0.1, 0.15) is 23.2 Å². The molecule has 0 aromatic heterocycles. The number of unbranched alkanes of at least 4 members (excludes halogenated alkanes) is 24. The van der Waals surface area contributed by atoms with Gasteiger partial charge in [-0.25, -0.2) is 0 Å². The van der Waals surface area contributed by atoms with Gasteiger partial charge >= 0.3 is 5.97 Å². The molecule has 2 unspecified atom stereocenters. The predicted octanol–water partition coefficient (Wildman–Crippen LogP) is 12.5. The molecule has 0 aromatic rings. The Bertz CT molecular complexity index is 684. The fourth-order valence-electron chi connectivity index (χ4n) is 6.68. The summed E-state index contributed by atoms with van der Waals surface area (Å²) >= 11 is -0.00621. The third-order valence-corrected chi connectivity index (χ3v) is 11.5. The van der Waals surface area contributed by atoms with Gasteiger partial charge in [-0.05, 0) is 64.5 Å². The van der Waals surface area contributed by atoms with Crippen LogP contribution in [0.1, 0.15) is 220 Å². The first-order chi connectivity index (χ1) is 25.1. The number of rotatable bonds is 43. The highest BCUT2D eigenvalue weighted by Crippen LogP contribution is 2.17. The average Bonchev–Trinajstić information content (AvgIpc) is 3.12. The lowest BCUT2D eigenvalue weighted by Crippen LogP contribution is -2.29. The molecule has 1 N–H and O–H groups in total. The average molecular weight is 745 g/mol. The second-order valence-corrected chi connectivity index (χ2v) is 16.9. The molecular formula is C44H90NO5S+. The van der Waals surface area contributed by atoms with Crippen molar-refractivity contribution in [3.05, 3.63) is 0 Å². The first-order valence-corrected chi connectivity index (χ1v) is 24.2. The van der Waals surface area contributed by atoms with Crippen LogP contribution in [0, 0.1) is 0 Å². The van der Waals surface area contributed by atoms with Gasteiger partial charge in [-0.2, -0.15) is 0 Å². The van der Waals surface area contributed by atoms with E-state index in [1.54, 1.807) is 0 Å². The van der Waals surface area contributed by atoms with Crippen molar-refractivity contribution in [3.8, 4) is 0 Å². The van der Waals surface area contributed by atoms with Crippen LogP contribution in [-0.4, -0.2) is 73.7 Å². The Morgan fingerprint density at radius 1 is 0.549 bits per heavy atom. The van der Waals surface area contributed by atoms with E-state index in [4.69, 9.17) is 13.7 Å². The zero-order chi connectivity index (χ0) is 37.3. The highest BCUT2D eigenvalue weighted by Gasteiger charge is 2.21. The minimum Gasteiger partial charge on any atom is -0.466 e. The van der Waals surface area contributed by atoms with Gasteiger partial charge in [0.2, 0.25) is 6.29 Å². The molecule has 0 rings (SSSR count). The van der Waals surface area contributed by atoms with Crippen molar-refractivity contribution in [2.45, 2.75) is 226 Å². The van der Waals surface area contributed by atoms with E-state index < -0.39 is 0 Å². The summed E-state index contributed by atoms with van der Waals surface area (Å²) < 4.78 is 18.2. The molecule has 0 aromatic carbocycles. The molecule has 0 saturated carbocycles. The highest BCUT2D eigenvalue weighted by molar-refractivity contribution is 7.91. The van der Waals surface area contributed by atoms with Crippen molar-refractivity contribution in [1.82, 2.24) is 4.90 Å². The molecule has 0 fully saturated rings. The molecule has 0 radical (unpaired) electrons. The van der Waals surface area contributed by atoms with Crippen LogP contribution in [0.3, 0.4) is 0 Å². The summed E-state index contributed by atoms with van der Waals surface area (Å²) in [6.45, 7) is 11.3. The first-order valence-electron chi connectivity index (χ1n) is 22.5. The van der Waals surface area contributed by atoms with Crippen molar-refractivity contribution >= 4 is 17.1 Å². The van der Waals surface area contributed by atoms with Gasteiger partial charge in [0.15, 0.2) is 0 Å². The second kappa shape index (κ2) is 42.4. The summed E-state index contributed by atoms with van der Waals surface area (Å²) in [7, 11) is 0. The molecule has 0 spiro atoms. The number of carbonyl (C=O) groups is 1. The van der Waals surface area contributed by atoms with Gasteiger partial charge in [0.25, 0.3) is 0 Å². The minimum atomic E-state index is -0.0325. The van der Waals surface area contributed by atoms with Crippen LogP contribution in [0.25, 0.3) is 0 Å². The summed E-state index contributed by atoms with van der Waals surface area (Å²) in [5.74, 6) is 1.14. The molecule has 0 aliphatic carbocycles. The number of aliphatic hydroxyl groups is 1. The van der Waals surface area contributed by atoms with Gasteiger partial charge < -0.3 is 19.5 Å². The molecule has 0 bridgehead atoms. The van der Waals surface area contributed by atoms with Gasteiger partial charge in [-0.3, -0.25) is 4.79 Å². The van der Waals surface area contributed by atoms with E-state index in [9.17, 15) is 9.90 Å². The predicted molar refractivity (Wildman–Crippen MR) is 224 cm³/mol. The Morgan fingerprint density at radius 2 is 1.00 bits per heavy atom. The minimum absolute atomic E-state index is 0.00621. The third-order valence-electron chi connectivity index (χ3n) is 10.1. The number of hydrogen-bond donors (Lipinski definition) is 1. The molecule has 306 valence electrons. The molecule has 51 heavy (non-hydrogen) atoms. The molecule has 0 aliphatic heterocycles. The van der Waals surface area contributed by atoms with Crippen LogP contribution < -0.4 is 0 Å². The van der Waals surface area contributed by atoms with Crippen LogP contribution in [0.2, 0.25) is 0 Å². The van der Waals surface area contributed by atoms with Gasteiger partial charge in [-0.15, -0.1) is 4.18 Å². The topological polar surface area (TPSA) is 68.2 Å². The number of nitrogens with zero attached hydrogens (tertiary/aromatic N) is 1. The standard InChI is InChI=1S/C44H90NO5S/c1-5-8-11-14-16-17-21-25-31-40-48-43(47)34-27-26-30-37-45(38-39-46)36-29-23-20-18-19-22-28-35-44(49-41-32-24-15-12-9-6-2)50-51(4)42-33-13-10-7-3/h44,46H,5-42H2,1-4H3/q+1. The zero-order valence-corrected chi connectivity index (χ0v) is 35.7. The van der Waals surface area contributed by atoms with Crippen LogP contribution in [0.15, 0.2) is 0 Å².